The summed E-state index contributed by atoms with van der Waals surface area (Å²) in [6, 6.07) is 23.4. The number of piperazine rings is 1. The van der Waals surface area contributed by atoms with Crippen molar-refractivity contribution in [3.05, 3.63) is 95.5 Å². The summed E-state index contributed by atoms with van der Waals surface area (Å²) < 4.78 is 0. The number of carbonyl (C=O) groups is 3. The van der Waals surface area contributed by atoms with Gasteiger partial charge in [0.05, 0.1) is 23.0 Å². The number of urea groups is 2. The molecule has 3 heterocycles. The second-order valence-corrected chi connectivity index (χ2v) is 11.2. The Morgan fingerprint density at radius 2 is 1.54 bits per heavy atom. The highest BCUT2D eigenvalue weighted by atomic mass is 35.5. The predicted molar refractivity (Wildman–Crippen MR) is 148 cm³/mol. The second-order valence-electron chi connectivity index (χ2n) is 10.7. The van der Waals surface area contributed by atoms with Crippen LogP contribution in [0.3, 0.4) is 0 Å². The lowest BCUT2D eigenvalue weighted by Gasteiger charge is -2.51. The van der Waals surface area contributed by atoms with Crippen molar-refractivity contribution < 1.29 is 19.5 Å². The molecule has 0 unspecified atom stereocenters. The summed E-state index contributed by atoms with van der Waals surface area (Å²) in [6.45, 7) is 0.516. The molecule has 3 saturated heterocycles. The molecular weight excluding hydrogens is 516 g/mol. The van der Waals surface area contributed by atoms with E-state index in [1.807, 2.05) is 78.9 Å². The first-order valence-corrected chi connectivity index (χ1v) is 13.4. The first-order chi connectivity index (χ1) is 18.8. The van der Waals surface area contributed by atoms with Crippen molar-refractivity contribution in [1.29, 1.82) is 0 Å². The van der Waals surface area contributed by atoms with Crippen molar-refractivity contribution in [1.82, 2.24) is 14.7 Å². The van der Waals surface area contributed by atoms with Crippen LogP contribution in [0.4, 0.5) is 21.0 Å². The number of amides is 4. The van der Waals surface area contributed by atoms with Crippen molar-refractivity contribution in [2.75, 3.05) is 18.5 Å². The van der Waals surface area contributed by atoms with Gasteiger partial charge in [-0.25, -0.2) is 14.4 Å². The largest absolute Gasteiger partial charge is 0.480 e. The fraction of sp³-hybridized carbons (Fsp3) is 0.300. The highest BCUT2D eigenvalue weighted by Gasteiger charge is 2.71. The smallest absolute Gasteiger partial charge is 0.330 e. The molecule has 1 aliphatic carbocycles. The van der Waals surface area contributed by atoms with Crippen LogP contribution in [0, 0.1) is 5.92 Å². The van der Waals surface area contributed by atoms with E-state index in [-0.39, 0.29) is 18.5 Å². The van der Waals surface area contributed by atoms with Gasteiger partial charge in [-0.1, -0.05) is 60.1 Å². The lowest BCUT2D eigenvalue weighted by Crippen LogP contribution is -2.69. The van der Waals surface area contributed by atoms with Gasteiger partial charge in [-0.3, -0.25) is 4.90 Å². The quantitative estimate of drug-likeness (QED) is 0.463. The molecule has 0 aromatic heterocycles. The molecular formula is C30H29ClN4O4. The van der Waals surface area contributed by atoms with E-state index in [1.54, 1.807) is 27.8 Å². The summed E-state index contributed by atoms with van der Waals surface area (Å²) in [5.74, 6) is -1.07. The maximum Gasteiger partial charge on any atom is 0.330 e. The zero-order valence-corrected chi connectivity index (χ0v) is 22.2. The lowest BCUT2D eigenvalue weighted by atomic mass is 9.72. The second kappa shape index (κ2) is 9.61. The molecule has 3 bridgehead atoms. The molecule has 1 spiro atoms. The number of benzene rings is 3. The number of carboxylic acid groups (broad SMARTS) is 1. The van der Waals surface area contributed by atoms with Crippen molar-refractivity contribution in [3.63, 3.8) is 0 Å². The molecule has 1 N–H and O–H groups in total. The maximum atomic E-state index is 14.2. The summed E-state index contributed by atoms with van der Waals surface area (Å²) in [4.78, 5) is 47.3. The number of halogens is 1. The normalized spacial score (nSPS) is 24.6. The summed E-state index contributed by atoms with van der Waals surface area (Å²) in [5.41, 5.74) is 1.61. The average Bonchev–Trinajstić information content (AvgIpc) is 3.26. The van der Waals surface area contributed by atoms with Crippen LogP contribution in [0.2, 0.25) is 5.02 Å². The Balaban J connectivity index is 1.32. The molecule has 3 aromatic rings. The highest BCUT2D eigenvalue weighted by molar-refractivity contribution is 6.30. The lowest BCUT2D eigenvalue weighted by molar-refractivity contribution is -0.146. The van der Waals surface area contributed by atoms with Gasteiger partial charge < -0.3 is 19.8 Å². The van der Waals surface area contributed by atoms with Crippen molar-refractivity contribution in [2.24, 2.45) is 5.92 Å². The van der Waals surface area contributed by atoms with Gasteiger partial charge >= 0.3 is 18.0 Å². The van der Waals surface area contributed by atoms with Crippen LogP contribution in [-0.4, -0.2) is 69.1 Å². The van der Waals surface area contributed by atoms with Gasteiger partial charge in [0.1, 0.15) is 0 Å². The van der Waals surface area contributed by atoms with E-state index < -0.39 is 29.6 Å². The minimum absolute atomic E-state index is 0.0364. The SMILES string of the molecule is CN(Cc1cccc(Cl)c1)C(=O)N1[C@@H]2C3CC1(C3)CN(C(=O)N(c1ccccc1)c1ccccc1)[C@@H]2C(=O)O. The van der Waals surface area contributed by atoms with E-state index in [0.717, 1.165) is 5.56 Å². The third kappa shape index (κ3) is 4.19. The molecule has 9 heteroatoms. The Morgan fingerprint density at radius 1 is 0.923 bits per heavy atom. The maximum absolute atomic E-state index is 14.2. The van der Waals surface area contributed by atoms with Gasteiger partial charge in [0, 0.05) is 25.2 Å². The van der Waals surface area contributed by atoms with Gasteiger partial charge in [0.2, 0.25) is 0 Å². The molecule has 4 fully saturated rings. The van der Waals surface area contributed by atoms with Gasteiger partial charge in [-0.15, -0.1) is 0 Å². The van der Waals surface area contributed by atoms with Crippen molar-refractivity contribution >= 4 is 41.0 Å². The monoisotopic (exact) mass is 544 g/mol. The Morgan fingerprint density at radius 3 is 2.10 bits per heavy atom. The van der Waals surface area contributed by atoms with E-state index in [2.05, 4.69) is 0 Å². The summed E-state index contributed by atoms with van der Waals surface area (Å²) >= 11 is 6.13. The highest BCUT2D eigenvalue weighted by Crippen LogP contribution is 2.59. The zero-order chi connectivity index (χ0) is 27.3. The number of nitrogens with zero attached hydrogens (tertiary/aromatic N) is 4. The number of para-hydroxylation sites is 2. The third-order valence-corrected chi connectivity index (χ3v) is 8.50. The van der Waals surface area contributed by atoms with E-state index >= 15 is 0 Å². The molecule has 4 aliphatic rings. The number of carbonyl (C=O) groups excluding carboxylic acids is 2. The van der Waals surface area contributed by atoms with Crippen LogP contribution in [0.1, 0.15) is 18.4 Å². The fourth-order valence-electron chi connectivity index (χ4n) is 6.70. The molecule has 8 nitrogen and oxygen atoms in total. The molecule has 4 amide bonds. The number of carboxylic acids is 1. The van der Waals surface area contributed by atoms with E-state index in [1.165, 1.54) is 4.90 Å². The Bertz CT molecular complexity index is 1370. The van der Waals surface area contributed by atoms with Gasteiger partial charge in [0.25, 0.3) is 0 Å². The first kappa shape index (κ1) is 25.2. The summed E-state index contributed by atoms with van der Waals surface area (Å²) in [6.07, 6.45) is 1.39. The number of rotatable bonds is 5. The third-order valence-electron chi connectivity index (χ3n) is 8.26. The van der Waals surface area contributed by atoms with E-state index in [0.29, 0.717) is 35.8 Å². The van der Waals surface area contributed by atoms with Crippen LogP contribution >= 0.6 is 11.6 Å². The molecule has 39 heavy (non-hydrogen) atoms. The predicted octanol–water partition coefficient (Wildman–Crippen LogP) is 5.45. The Kier molecular flexibility index (Phi) is 6.22. The molecule has 3 aliphatic heterocycles. The number of likely N-dealkylation sites (tertiary alicyclic amines) is 1. The van der Waals surface area contributed by atoms with Crippen LogP contribution in [-0.2, 0) is 11.3 Å². The Labute approximate surface area is 232 Å². The van der Waals surface area contributed by atoms with Gasteiger partial charge in [0.15, 0.2) is 6.04 Å². The number of aliphatic carboxylic acids is 1. The first-order valence-electron chi connectivity index (χ1n) is 13.0. The van der Waals surface area contributed by atoms with Crippen LogP contribution < -0.4 is 4.90 Å². The minimum Gasteiger partial charge on any atom is -0.480 e. The minimum atomic E-state index is -1.15. The number of hydrogen-bond donors (Lipinski definition) is 1. The standard InChI is InChI=1S/C30H29ClN4O4/c1-32(18-20-9-8-10-22(31)15-20)28(38)35-25-21-16-30(35,17-21)19-33(26(25)27(36)37)29(39)34(23-11-4-2-5-12-23)24-13-6-3-7-14-24/h2-15,21,25-26H,16-19H2,1H3,(H,36,37)/t21?,25-,26+,30?/m1/s1. The molecule has 2 atom stereocenters. The van der Waals surface area contributed by atoms with Crippen LogP contribution in [0.15, 0.2) is 84.9 Å². The number of hydrogen-bond acceptors (Lipinski definition) is 3. The van der Waals surface area contributed by atoms with Crippen molar-refractivity contribution in [3.8, 4) is 0 Å². The molecule has 7 rings (SSSR count). The molecule has 1 saturated carbocycles. The topological polar surface area (TPSA) is 84.4 Å². The van der Waals surface area contributed by atoms with E-state index in [4.69, 9.17) is 11.6 Å². The number of anilines is 2. The van der Waals surface area contributed by atoms with Crippen LogP contribution in [0.25, 0.3) is 0 Å². The van der Waals surface area contributed by atoms with Gasteiger partial charge in [-0.05, 0) is 60.7 Å². The van der Waals surface area contributed by atoms with E-state index in [9.17, 15) is 19.5 Å². The zero-order valence-electron chi connectivity index (χ0n) is 21.5. The average molecular weight is 545 g/mol. The molecule has 3 aromatic carbocycles. The molecule has 200 valence electrons. The summed E-state index contributed by atoms with van der Waals surface area (Å²) in [5, 5.41) is 11.1. The van der Waals surface area contributed by atoms with Gasteiger partial charge in [-0.2, -0.15) is 0 Å². The van der Waals surface area contributed by atoms with Crippen molar-refractivity contribution in [2.45, 2.75) is 37.0 Å². The van der Waals surface area contributed by atoms with Crippen LogP contribution in [0.5, 0.6) is 0 Å². The summed E-state index contributed by atoms with van der Waals surface area (Å²) in [7, 11) is 1.72. The Hall–Kier alpha value is -4.04. The fourth-order valence-corrected chi connectivity index (χ4v) is 6.91. The molecule has 0 radical (unpaired) electrons.